The van der Waals surface area contributed by atoms with E-state index in [1.54, 1.807) is 0 Å². The Morgan fingerprint density at radius 2 is 1.93 bits per heavy atom. The Morgan fingerprint density at radius 3 is 2.63 bits per heavy atom. The number of hydrogen-bond donors (Lipinski definition) is 2. The summed E-state index contributed by atoms with van der Waals surface area (Å²) >= 11 is 2.43. The third kappa shape index (κ3) is 5.84. The van der Waals surface area contributed by atoms with Gasteiger partial charge < -0.3 is 5.32 Å². The Hall–Kier alpha value is -3.31. The number of carbonyl (C=O) groups is 2. The Balaban J connectivity index is 1.50. The van der Waals surface area contributed by atoms with Crippen LogP contribution in [0, 0.1) is 10.1 Å². The summed E-state index contributed by atoms with van der Waals surface area (Å²) in [6, 6.07) is 13.2. The fourth-order valence-corrected chi connectivity index (χ4v) is 3.96. The van der Waals surface area contributed by atoms with Crippen LogP contribution >= 0.6 is 23.1 Å². The molecule has 0 atom stereocenters. The van der Waals surface area contributed by atoms with Gasteiger partial charge >= 0.3 is 0 Å². The first kappa shape index (κ1) is 21.4. The first-order chi connectivity index (χ1) is 14.4. The number of hydrogen-bond acceptors (Lipinski definition) is 9. The van der Waals surface area contributed by atoms with Crippen LogP contribution < -0.4 is 10.6 Å². The minimum atomic E-state index is -0.695. The third-order valence-corrected chi connectivity index (χ3v) is 5.89. The number of non-ortho nitro benzene ring substituents is 1. The summed E-state index contributed by atoms with van der Waals surface area (Å²) in [7, 11) is 0. The van der Waals surface area contributed by atoms with Gasteiger partial charge in [0.25, 0.3) is 11.6 Å². The van der Waals surface area contributed by atoms with Crippen LogP contribution in [0.3, 0.4) is 0 Å². The van der Waals surface area contributed by atoms with Crippen molar-refractivity contribution in [3.63, 3.8) is 0 Å². The van der Waals surface area contributed by atoms with Crippen molar-refractivity contribution in [1.29, 1.82) is 0 Å². The van der Waals surface area contributed by atoms with Crippen LogP contribution in [-0.2, 0) is 11.2 Å². The van der Waals surface area contributed by atoms with Crippen LogP contribution in [0.5, 0.6) is 0 Å². The summed E-state index contributed by atoms with van der Waals surface area (Å²) in [6.07, 6.45) is 0.964. The second-order valence-corrected chi connectivity index (χ2v) is 8.22. The highest BCUT2D eigenvalue weighted by atomic mass is 32.2. The summed E-state index contributed by atoms with van der Waals surface area (Å²) in [5, 5.41) is 24.8. The number of anilines is 2. The standard InChI is InChI=1S/C19H17N5O4S2/c1-2-12-6-8-14(9-7-12)20-18-22-23-19(30-18)29-11-16(25)21-17(26)13-4-3-5-15(10-13)24(27)28/h3-10H,2,11H2,1H3,(H,20,22)(H,21,25,26). The second-order valence-electron chi connectivity index (χ2n) is 6.02. The number of amides is 2. The van der Waals surface area contributed by atoms with E-state index in [4.69, 9.17) is 0 Å². The molecule has 11 heteroatoms. The van der Waals surface area contributed by atoms with Crippen molar-refractivity contribution >= 4 is 51.4 Å². The van der Waals surface area contributed by atoms with Gasteiger partial charge in [0.2, 0.25) is 11.0 Å². The fourth-order valence-electron chi connectivity index (χ4n) is 2.39. The van der Waals surface area contributed by atoms with Gasteiger partial charge in [0.15, 0.2) is 4.34 Å². The zero-order valence-electron chi connectivity index (χ0n) is 15.8. The lowest BCUT2D eigenvalue weighted by Gasteiger charge is -2.03. The maximum Gasteiger partial charge on any atom is 0.270 e. The number of nitro groups is 1. The molecule has 0 radical (unpaired) electrons. The number of aryl methyl sites for hydroxylation is 1. The molecule has 3 rings (SSSR count). The van der Waals surface area contributed by atoms with E-state index in [-0.39, 0.29) is 17.0 Å². The molecule has 1 heterocycles. The van der Waals surface area contributed by atoms with Crippen LogP contribution in [0.2, 0.25) is 0 Å². The predicted molar refractivity (Wildman–Crippen MR) is 115 cm³/mol. The lowest BCUT2D eigenvalue weighted by atomic mass is 10.1. The molecule has 0 aliphatic carbocycles. The average molecular weight is 444 g/mol. The number of nitrogens with one attached hydrogen (secondary N) is 2. The molecule has 0 unspecified atom stereocenters. The van der Waals surface area contributed by atoms with Crippen LogP contribution in [0.25, 0.3) is 0 Å². The molecule has 3 aromatic rings. The van der Waals surface area contributed by atoms with Crippen molar-refractivity contribution in [2.75, 3.05) is 11.1 Å². The summed E-state index contributed by atoms with van der Waals surface area (Å²) in [6.45, 7) is 2.09. The molecular formula is C19H17N5O4S2. The predicted octanol–water partition coefficient (Wildman–Crippen LogP) is 3.80. The Labute approximate surface area is 180 Å². The normalized spacial score (nSPS) is 10.4. The quantitative estimate of drug-likeness (QED) is 0.306. The number of imide groups is 1. The van der Waals surface area contributed by atoms with Gasteiger partial charge in [0.1, 0.15) is 0 Å². The van der Waals surface area contributed by atoms with Gasteiger partial charge in [0, 0.05) is 23.4 Å². The van der Waals surface area contributed by atoms with E-state index in [1.807, 2.05) is 24.3 Å². The number of nitro benzene ring substituents is 1. The van der Waals surface area contributed by atoms with E-state index in [0.717, 1.165) is 29.9 Å². The Bertz CT molecular complexity index is 1070. The molecule has 9 nitrogen and oxygen atoms in total. The molecule has 0 bridgehead atoms. The number of benzene rings is 2. The van der Waals surface area contributed by atoms with Gasteiger partial charge in [-0.15, -0.1) is 10.2 Å². The molecule has 0 saturated heterocycles. The van der Waals surface area contributed by atoms with Crippen LogP contribution in [-0.4, -0.2) is 32.7 Å². The monoisotopic (exact) mass is 443 g/mol. The summed E-state index contributed by atoms with van der Waals surface area (Å²) in [5.41, 5.74) is 1.95. The molecule has 0 aliphatic rings. The van der Waals surface area contributed by atoms with Gasteiger partial charge in [-0.3, -0.25) is 25.0 Å². The molecule has 2 aromatic carbocycles. The highest BCUT2D eigenvalue weighted by Crippen LogP contribution is 2.27. The number of aromatic nitrogens is 2. The largest absolute Gasteiger partial charge is 0.330 e. The molecule has 0 fully saturated rings. The van der Waals surface area contributed by atoms with Crippen LogP contribution in [0.15, 0.2) is 52.9 Å². The van der Waals surface area contributed by atoms with Crippen LogP contribution in [0.1, 0.15) is 22.8 Å². The van der Waals surface area contributed by atoms with Crippen molar-refractivity contribution < 1.29 is 14.5 Å². The highest BCUT2D eigenvalue weighted by molar-refractivity contribution is 8.01. The summed E-state index contributed by atoms with van der Waals surface area (Å²) in [4.78, 5) is 34.3. The Kier molecular flexibility index (Phi) is 7.09. The van der Waals surface area contributed by atoms with Crippen LogP contribution in [0.4, 0.5) is 16.5 Å². The zero-order valence-corrected chi connectivity index (χ0v) is 17.5. The van der Waals surface area contributed by atoms with E-state index in [0.29, 0.717) is 9.47 Å². The molecule has 0 saturated carbocycles. The molecule has 30 heavy (non-hydrogen) atoms. The lowest BCUT2D eigenvalue weighted by molar-refractivity contribution is -0.384. The van der Waals surface area contributed by atoms with Gasteiger partial charge in [-0.25, -0.2) is 0 Å². The third-order valence-electron chi connectivity index (χ3n) is 3.92. The molecular weight excluding hydrogens is 426 g/mol. The molecule has 154 valence electrons. The number of carbonyl (C=O) groups excluding carboxylic acids is 2. The fraction of sp³-hybridized carbons (Fsp3) is 0.158. The minimum Gasteiger partial charge on any atom is -0.330 e. The van der Waals surface area contributed by atoms with Crippen molar-refractivity contribution in [1.82, 2.24) is 15.5 Å². The van der Waals surface area contributed by atoms with Crippen molar-refractivity contribution in [3.05, 3.63) is 69.8 Å². The van der Waals surface area contributed by atoms with Crippen molar-refractivity contribution in [3.8, 4) is 0 Å². The van der Waals surface area contributed by atoms with Crippen molar-refractivity contribution in [2.45, 2.75) is 17.7 Å². The Morgan fingerprint density at radius 1 is 1.17 bits per heavy atom. The molecule has 2 N–H and O–H groups in total. The first-order valence-electron chi connectivity index (χ1n) is 8.85. The van der Waals surface area contributed by atoms with E-state index in [1.165, 1.54) is 35.1 Å². The SMILES string of the molecule is CCc1ccc(Nc2nnc(SCC(=O)NC(=O)c3cccc([N+](=O)[O-])c3)s2)cc1. The topological polar surface area (TPSA) is 127 Å². The van der Waals surface area contributed by atoms with Crippen molar-refractivity contribution in [2.24, 2.45) is 0 Å². The lowest BCUT2D eigenvalue weighted by Crippen LogP contribution is -2.31. The summed E-state index contributed by atoms with van der Waals surface area (Å²) < 4.78 is 0.570. The van der Waals surface area contributed by atoms with E-state index in [2.05, 4.69) is 27.8 Å². The number of rotatable bonds is 8. The maximum atomic E-state index is 12.1. The first-order valence-corrected chi connectivity index (χ1v) is 10.7. The number of nitrogens with zero attached hydrogens (tertiary/aromatic N) is 3. The highest BCUT2D eigenvalue weighted by Gasteiger charge is 2.15. The minimum absolute atomic E-state index is 0.0408. The summed E-state index contributed by atoms with van der Waals surface area (Å²) in [5.74, 6) is -1.27. The molecule has 0 aliphatic heterocycles. The molecule has 1 aromatic heterocycles. The van der Waals surface area contributed by atoms with E-state index < -0.39 is 16.7 Å². The second kappa shape index (κ2) is 9.94. The molecule has 2 amide bonds. The number of thioether (sulfide) groups is 1. The maximum absolute atomic E-state index is 12.1. The zero-order chi connectivity index (χ0) is 21.5. The smallest absolute Gasteiger partial charge is 0.270 e. The van der Waals surface area contributed by atoms with E-state index >= 15 is 0 Å². The molecule has 0 spiro atoms. The van der Waals surface area contributed by atoms with Gasteiger partial charge in [0.05, 0.1) is 10.7 Å². The average Bonchev–Trinajstić information content (AvgIpc) is 3.20. The van der Waals surface area contributed by atoms with E-state index in [9.17, 15) is 19.7 Å². The van der Waals surface area contributed by atoms with Gasteiger partial charge in [-0.2, -0.15) is 0 Å². The van der Waals surface area contributed by atoms with Gasteiger partial charge in [-0.05, 0) is 30.2 Å². The van der Waals surface area contributed by atoms with Gasteiger partial charge in [-0.1, -0.05) is 48.2 Å².